The quantitative estimate of drug-likeness (QED) is 0.912. The number of benzene rings is 1. The highest BCUT2D eigenvalue weighted by molar-refractivity contribution is 6.30. The van der Waals surface area contributed by atoms with Crippen LogP contribution in [0.2, 0.25) is 5.02 Å². The number of pyridine rings is 1. The summed E-state index contributed by atoms with van der Waals surface area (Å²) in [4.78, 5) is 6.58. The Balaban J connectivity index is 2.09. The van der Waals surface area contributed by atoms with Crippen LogP contribution in [0.4, 0.5) is 0 Å². The van der Waals surface area contributed by atoms with Gasteiger partial charge in [0.05, 0.1) is 11.7 Å². The molecule has 1 aromatic heterocycles. The maximum absolute atomic E-state index is 5.89. The minimum atomic E-state index is 0.122. The van der Waals surface area contributed by atoms with E-state index >= 15 is 0 Å². The molecule has 0 spiro atoms. The van der Waals surface area contributed by atoms with Crippen molar-refractivity contribution in [2.75, 3.05) is 13.6 Å². The lowest BCUT2D eigenvalue weighted by atomic mass is 10.1. The fraction of sp³-hybridized carbons (Fsp3) is 0.267. The first-order valence-corrected chi connectivity index (χ1v) is 6.64. The van der Waals surface area contributed by atoms with Crippen LogP contribution >= 0.6 is 11.6 Å². The van der Waals surface area contributed by atoms with Crippen molar-refractivity contribution in [3.05, 3.63) is 64.9 Å². The second kappa shape index (κ2) is 6.66. The van der Waals surface area contributed by atoms with Gasteiger partial charge < -0.3 is 5.73 Å². The van der Waals surface area contributed by atoms with E-state index < -0.39 is 0 Å². The summed E-state index contributed by atoms with van der Waals surface area (Å²) >= 11 is 5.89. The Morgan fingerprint density at radius 2 is 1.95 bits per heavy atom. The fourth-order valence-corrected chi connectivity index (χ4v) is 2.21. The Labute approximate surface area is 119 Å². The second-order valence-corrected chi connectivity index (χ2v) is 4.98. The van der Waals surface area contributed by atoms with Crippen LogP contribution < -0.4 is 5.73 Å². The highest BCUT2D eigenvalue weighted by Gasteiger charge is 2.16. The molecule has 2 rings (SSSR count). The summed E-state index contributed by atoms with van der Waals surface area (Å²) in [6, 6.07) is 13.9. The minimum Gasteiger partial charge on any atom is -0.329 e. The minimum absolute atomic E-state index is 0.122. The van der Waals surface area contributed by atoms with Gasteiger partial charge in [0.2, 0.25) is 0 Å². The third-order valence-electron chi connectivity index (χ3n) is 3.13. The van der Waals surface area contributed by atoms with Crippen LogP contribution in [0.1, 0.15) is 17.3 Å². The number of likely N-dealkylation sites (N-methyl/N-ethyl adjacent to an activating group) is 1. The Morgan fingerprint density at radius 3 is 2.53 bits per heavy atom. The van der Waals surface area contributed by atoms with Crippen LogP contribution in [0.5, 0.6) is 0 Å². The predicted octanol–water partition coefficient (Wildman–Crippen LogP) is 2.87. The average Bonchev–Trinajstić information content (AvgIpc) is 2.43. The molecule has 2 N–H and O–H groups in total. The van der Waals surface area contributed by atoms with E-state index in [1.54, 1.807) is 6.20 Å². The molecule has 0 bridgehead atoms. The standard InChI is InChI=1S/C15H18ClN3/c1-19(11-12-5-7-13(16)8-6-12)15(10-17)14-4-2-3-9-18-14/h2-9,15H,10-11,17H2,1H3. The molecule has 0 fully saturated rings. The third kappa shape index (κ3) is 3.77. The number of nitrogens with two attached hydrogens (primary N) is 1. The second-order valence-electron chi connectivity index (χ2n) is 4.55. The van der Waals surface area contributed by atoms with E-state index in [1.165, 1.54) is 5.56 Å². The number of nitrogens with zero attached hydrogens (tertiary/aromatic N) is 2. The Morgan fingerprint density at radius 1 is 1.21 bits per heavy atom. The van der Waals surface area contributed by atoms with Crippen molar-refractivity contribution < 1.29 is 0 Å². The van der Waals surface area contributed by atoms with Gasteiger partial charge in [0.25, 0.3) is 0 Å². The SMILES string of the molecule is CN(Cc1ccc(Cl)cc1)C(CN)c1ccccn1. The molecule has 4 heteroatoms. The number of halogens is 1. The fourth-order valence-electron chi connectivity index (χ4n) is 2.09. The van der Waals surface area contributed by atoms with Crippen LogP contribution in [0, 0.1) is 0 Å². The molecule has 1 aromatic carbocycles. The average molecular weight is 276 g/mol. The highest BCUT2D eigenvalue weighted by Crippen LogP contribution is 2.19. The van der Waals surface area contributed by atoms with E-state index in [1.807, 2.05) is 42.5 Å². The number of hydrogen-bond donors (Lipinski definition) is 1. The predicted molar refractivity (Wildman–Crippen MR) is 79.0 cm³/mol. The molecule has 0 aliphatic carbocycles. The van der Waals surface area contributed by atoms with Gasteiger partial charge in [-0.1, -0.05) is 29.8 Å². The summed E-state index contributed by atoms with van der Waals surface area (Å²) in [5.41, 5.74) is 8.09. The maximum Gasteiger partial charge on any atom is 0.0644 e. The molecule has 0 aliphatic heterocycles. The molecule has 1 heterocycles. The van der Waals surface area contributed by atoms with Crippen molar-refractivity contribution in [1.29, 1.82) is 0 Å². The first kappa shape index (κ1) is 14.0. The van der Waals surface area contributed by atoms with Gasteiger partial charge in [-0.25, -0.2) is 0 Å². The van der Waals surface area contributed by atoms with Crippen molar-refractivity contribution in [2.45, 2.75) is 12.6 Å². The number of rotatable bonds is 5. The molecule has 0 amide bonds. The summed E-state index contributed by atoms with van der Waals surface area (Å²) < 4.78 is 0. The summed E-state index contributed by atoms with van der Waals surface area (Å²) in [6.45, 7) is 1.36. The summed E-state index contributed by atoms with van der Waals surface area (Å²) in [5.74, 6) is 0. The van der Waals surface area contributed by atoms with Crippen LogP contribution in [0.25, 0.3) is 0 Å². The van der Waals surface area contributed by atoms with Crippen LogP contribution in [-0.4, -0.2) is 23.5 Å². The molecule has 0 radical (unpaired) electrons. The third-order valence-corrected chi connectivity index (χ3v) is 3.38. The first-order chi connectivity index (χ1) is 9.20. The van der Waals surface area contributed by atoms with Crippen LogP contribution in [0.15, 0.2) is 48.7 Å². The molecule has 0 saturated carbocycles. The van der Waals surface area contributed by atoms with E-state index in [-0.39, 0.29) is 6.04 Å². The smallest absolute Gasteiger partial charge is 0.0644 e. The lowest BCUT2D eigenvalue weighted by Crippen LogP contribution is -2.30. The number of aromatic nitrogens is 1. The van der Waals surface area contributed by atoms with Gasteiger partial charge in [0, 0.05) is 24.3 Å². The number of hydrogen-bond acceptors (Lipinski definition) is 3. The largest absolute Gasteiger partial charge is 0.329 e. The van der Waals surface area contributed by atoms with Gasteiger partial charge >= 0.3 is 0 Å². The highest BCUT2D eigenvalue weighted by atomic mass is 35.5. The normalized spacial score (nSPS) is 12.6. The van der Waals surface area contributed by atoms with Gasteiger partial charge in [-0.2, -0.15) is 0 Å². The zero-order valence-corrected chi connectivity index (χ0v) is 11.7. The van der Waals surface area contributed by atoms with Crippen molar-refractivity contribution in [1.82, 2.24) is 9.88 Å². The molecule has 0 saturated heterocycles. The zero-order valence-electron chi connectivity index (χ0n) is 11.0. The Hall–Kier alpha value is -1.42. The monoisotopic (exact) mass is 275 g/mol. The summed E-state index contributed by atoms with van der Waals surface area (Å²) in [5, 5.41) is 0.756. The van der Waals surface area contributed by atoms with Crippen molar-refractivity contribution in [2.24, 2.45) is 5.73 Å². The van der Waals surface area contributed by atoms with E-state index in [2.05, 4.69) is 16.9 Å². The van der Waals surface area contributed by atoms with Gasteiger partial charge in [-0.15, -0.1) is 0 Å². The van der Waals surface area contributed by atoms with Crippen LogP contribution in [-0.2, 0) is 6.54 Å². The van der Waals surface area contributed by atoms with E-state index in [0.29, 0.717) is 6.54 Å². The topological polar surface area (TPSA) is 42.1 Å². The van der Waals surface area contributed by atoms with E-state index in [0.717, 1.165) is 17.3 Å². The molecular formula is C15H18ClN3. The first-order valence-electron chi connectivity index (χ1n) is 6.26. The summed E-state index contributed by atoms with van der Waals surface area (Å²) in [7, 11) is 2.06. The van der Waals surface area contributed by atoms with Crippen LogP contribution in [0.3, 0.4) is 0 Å². The lowest BCUT2D eigenvalue weighted by molar-refractivity contribution is 0.237. The molecule has 19 heavy (non-hydrogen) atoms. The van der Waals surface area contributed by atoms with Gasteiger partial charge in [0.1, 0.15) is 0 Å². The van der Waals surface area contributed by atoms with Crippen molar-refractivity contribution in [3.63, 3.8) is 0 Å². The maximum atomic E-state index is 5.89. The molecule has 0 aliphatic rings. The van der Waals surface area contributed by atoms with E-state index in [4.69, 9.17) is 17.3 Å². The Bertz CT molecular complexity index is 499. The molecule has 100 valence electrons. The molecular weight excluding hydrogens is 258 g/mol. The van der Waals surface area contributed by atoms with E-state index in [9.17, 15) is 0 Å². The lowest BCUT2D eigenvalue weighted by Gasteiger charge is -2.26. The molecule has 3 nitrogen and oxygen atoms in total. The molecule has 1 unspecified atom stereocenters. The van der Waals surface area contributed by atoms with Crippen molar-refractivity contribution in [3.8, 4) is 0 Å². The van der Waals surface area contributed by atoms with Gasteiger partial charge in [0.15, 0.2) is 0 Å². The molecule has 1 atom stereocenters. The summed E-state index contributed by atoms with van der Waals surface area (Å²) in [6.07, 6.45) is 1.80. The van der Waals surface area contributed by atoms with Gasteiger partial charge in [-0.05, 0) is 36.9 Å². The molecule has 2 aromatic rings. The van der Waals surface area contributed by atoms with Gasteiger partial charge in [-0.3, -0.25) is 9.88 Å². The zero-order chi connectivity index (χ0) is 13.7. The Kier molecular flexibility index (Phi) is 4.91. The van der Waals surface area contributed by atoms with Crippen molar-refractivity contribution >= 4 is 11.6 Å².